The lowest BCUT2D eigenvalue weighted by molar-refractivity contribution is 0.00607. The molecule has 1 saturated heterocycles. The molecule has 1 heterocycles. The van der Waals surface area contributed by atoms with E-state index in [1.54, 1.807) is 0 Å². The molecule has 0 spiro atoms. The Morgan fingerprint density at radius 3 is 2.30 bits per heavy atom. The van der Waals surface area contributed by atoms with Gasteiger partial charge in [0.2, 0.25) is 0 Å². The van der Waals surface area contributed by atoms with E-state index in [1.165, 1.54) is 6.42 Å². The molecule has 1 atom stereocenters. The van der Waals surface area contributed by atoms with Gasteiger partial charge in [0, 0.05) is 6.04 Å². The van der Waals surface area contributed by atoms with Crippen LogP contribution in [0.2, 0.25) is 0 Å². The highest BCUT2D eigenvalue weighted by atomic mass is 16.3. The Morgan fingerprint density at radius 2 is 2.10 bits per heavy atom. The summed E-state index contributed by atoms with van der Waals surface area (Å²) in [6, 6.07) is 0.368. The largest absolute Gasteiger partial charge is 0.389 e. The van der Waals surface area contributed by atoms with Crippen LogP contribution in [-0.2, 0) is 0 Å². The first kappa shape index (κ1) is 8.02. The number of likely N-dealkylation sites (tertiary alicyclic amines) is 1. The first-order chi connectivity index (χ1) is 4.52. The van der Waals surface area contributed by atoms with Gasteiger partial charge in [-0.05, 0) is 40.3 Å². The van der Waals surface area contributed by atoms with Crippen LogP contribution < -0.4 is 0 Å². The van der Waals surface area contributed by atoms with Gasteiger partial charge in [-0.25, -0.2) is 0 Å². The highest BCUT2D eigenvalue weighted by molar-refractivity contribution is 4.88. The molecule has 1 aliphatic heterocycles. The number of rotatable bonds is 1. The fourth-order valence-corrected chi connectivity index (χ4v) is 1.80. The third-order valence-corrected chi connectivity index (χ3v) is 2.34. The van der Waals surface area contributed by atoms with Gasteiger partial charge >= 0.3 is 0 Å². The van der Waals surface area contributed by atoms with E-state index < -0.39 is 5.60 Å². The van der Waals surface area contributed by atoms with Crippen LogP contribution in [0.25, 0.3) is 0 Å². The summed E-state index contributed by atoms with van der Waals surface area (Å²) < 4.78 is 0. The van der Waals surface area contributed by atoms with Crippen molar-refractivity contribution in [2.45, 2.75) is 38.3 Å². The van der Waals surface area contributed by atoms with Crippen molar-refractivity contribution in [3.05, 3.63) is 0 Å². The third kappa shape index (κ3) is 1.50. The summed E-state index contributed by atoms with van der Waals surface area (Å²) in [5, 5.41) is 9.65. The Hall–Kier alpha value is -0.0800. The van der Waals surface area contributed by atoms with Crippen LogP contribution in [0.15, 0.2) is 0 Å². The van der Waals surface area contributed by atoms with Crippen LogP contribution in [-0.4, -0.2) is 35.2 Å². The molecule has 0 aromatic rings. The van der Waals surface area contributed by atoms with Crippen molar-refractivity contribution in [3.63, 3.8) is 0 Å². The van der Waals surface area contributed by atoms with E-state index in [-0.39, 0.29) is 0 Å². The molecule has 0 aromatic heterocycles. The molecule has 0 aliphatic carbocycles. The summed E-state index contributed by atoms with van der Waals surface area (Å²) in [6.45, 7) is 4.91. The molecule has 0 amide bonds. The molecular weight excluding hydrogens is 126 g/mol. The molecule has 0 unspecified atom stereocenters. The predicted octanol–water partition coefficient (Wildman–Crippen LogP) is 0.851. The molecule has 2 heteroatoms. The fraction of sp³-hybridized carbons (Fsp3) is 1.00. The smallest absolute Gasteiger partial charge is 0.0746 e. The third-order valence-electron chi connectivity index (χ3n) is 2.34. The topological polar surface area (TPSA) is 23.5 Å². The van der Waals surface area contributed by atoms with E-state index in [2.05, 4.69) is 11.9 Å². The second-order valence-electron chi connectivity index (χ2n) is 3.79. The van der Waals surface area contributed by atoms with Crippen LogP contribution in [0.3, 0.4) is 0 Å². The van der Waals surface area contributed by atoms with Crippen molar-refractivity contribution < 1.29 is 5.11 Å². The summed E-state index contributed by atoms with van der Waals surface area (Å²) in [5.41, 5.74) is -0.523. The normalized spacial score (nSPS) is 29.4. The van der Waals surface area contributed by atoms with E-state index in [0.29, 0.717) is 6.04 Å². The Kier molecular flexibility index (Phi) is 2.02. The standard InChI is InChI=1S/C8H17NO/c1-8(2,10)7-5-4-6-9(7)3/h7,10H,4-6H2,1-3H3/t7-/m1/s1. The van der Waals surface area contributed by atoms with Crippen LogP contribution in [0, 0.1) is 0 Å². The maximum absolute atomic E-state index is 9.65. The van der Waals surface area contributed by atoms with Gasteiger partial charge in [0.25, 0.3) is 0 Å². The molecule has 2 nitrogen and oxygen atoms in total. The monoisotopic (exact) mass is 143 g/mol. The van der Waals surface area contributed by atoms with Crippen molar-refractivity contribution in [2.24, 2.45) is 0 Å². The molecule has 60 valence electrons. The van der Waals surface area contributed by atoms with E-state index in [9.17, 15) is 5.11 Å². The Balaban J connectivity index is 2.55. The van der Waals surface area contributed by atoms with Gasteiger partial charge in [-0.3, -0.25) is 0 Å². The van der Waals surface area contributed by atoms with Gasteiger partial charge in [-0.1, -0.05) is 0 Å². The molecular formula is C8H17NO. The quantitative estimate of drug-likeness (QED) is 0.588. The number of hydrogen-bond acceptors (Lipinski definition) is 2. The van der Waals surface area contributed by atoms with Crippen LogP contribution in [0.5, 0.6) is 0 Å². The first-order valence-corrected chi connectivity index (χ1v) is 3.94. The minimum Gasteiger partial charge on any atom is -0.389 e. The average molecular weight is 143 g/mol. The molecule has 0 radical (unpaired) electrons. The van der Waals surface area contributed by atoms with Gasteiger partial charge in [-0.2, -0.15) is 0 Å². The average Bonchev–Trinajstić information content (AvgIpc) is 2.11. The summed E-state index contributed by atoms with van der Waals surface area (Å²) in [4.78, 5) is 2.24. The van der Waals surface area contributed by atoms with Crippen LogP contribution in [0.1, 0.15) is 26.7 Å². The van der Waals surface area contributed by atoms with Crippen molar-refractivity contribution in [1.82, 2.24) is 4.90 Å². The summed E-state index contributed by atoms with van der Waals surface area (Å²) >= 11 is 0. The minimum atomic E-state index is -0.523. The van der Waals surface area contributed by atoms with Gasteiger partial charge in [-0.15, -0.1) is 0 Å². The molecule has 0 aromatic carbocycles. The Morgan fingerprint density at radius 1 is 1.50 bits per heavy atom. The second kappa shape index (κ2) is 2.51. The maximum atomic E-state index is 9.65. The maximum Gasteiger partial charge on any atom is 0.0746 e. The van der Waals surface area contributed by atoms with Gasteiger partial charge in [0.05, 0.1) is 5.60 Å². The summed E-state index contributed by atoms with van der Waals surface area (Å²) in [7, 11) is 2.08. The number of aliphatic hydroxyl groups is 1. The van der Waals surface area contributed by atoms with E-state index in [4.69, 9.17) is 0 Å². The zero-order valence-corrected chi connectivity index (χ0v) is 7.09. The van der Waals surface area contributed by atoms with Crippen LogP contribution in [0.4, 0.5) is 0 Å². The lowest BCUT2D eigenvalue weighted by Gasteiger charge is -2.31. The van der Waals surface area contributed by atoms with Crippen molar-refractivity contribution >= 4 is 0 Å². The van der Waals surface area contributed by atoms with Crippen molar-refractivity contribution in [2.75, 3.05) is 13.6 Å². The molecule has 1 aliphatic rings. The van der Waals surface area contributed by atoms with E-state index in [1.807, 2.05) is 13.8 Å². The van der Waals surface area contributed by atoms with Gasteiger partial charge in [0.1, 0.15) is 0 Å². The SMILES string of the molecule is CN1CCC[C@@H]1C(C)(C)O. The zero-order valence-electron chi connectivity index (χ0n) is 7.09. The molecule has 0 saturated carbocycles. The predicted molar refractivity (Wildman–Crippen MR) is 41.9 cm³/mol. The van der Waals surface area contributed by atoms with Gasteiger partial charge in [0.15, 0.2) is 0 Å². The molecule has 1 rings (SSSR count). The molecule has 10 heavy (non-hydrogen) atoms. The van der Waals surface area contributed by atoms with Crippen molar-refractivity contribution in [1.29, 1.82) is 0 Å². The number of likely N-dealkylation sites (N-methyl/N-ethyl adjacent to an activating group) is 1. The zero-order chi connectivity index (χ0) is 7.78. The highest BCUT2D eigenvalue weighted by Crippen LogP contribution is 2.24. The van der Waals surface area contributed by atoms with Gasteiger partial charge < -0.3 is 10.0 Å². The Labute approximate surface area is 62.8 Å². The lowest BCUT2D eigenvalue weighted by Crippen LogP contribution is -2.43. The fourth-order valence-electron chi connectivity index (χ4n) is 1.80. The van der Waals surface area contributed by atoms with Crippen molar-refractivity contribution in [3.8, 4) is 0 Å². The lowest BCUT2D eigenvalue weighted by atomic mass is 9.97. The Bertz CT molecular complexity index is 117. The van der Waals surface area contributed by atoms with E-state index >= 15 is 0 Å². The molecule has 0 bridgehead atoms. The number of hydrogen-bond donors (Lipinski definition) is 1. The second-order valence-corrected chi connectivity index (χ2v) is 3.79. The minimum absolute atomic E-state index is 0.368. The van der Waals surface area contributed by atoms with Crippen LogP contribution >= 0.6 is 0 Å². The molecule has 1 fully saturated rings. The highest BCUT2D eigenvalue weighted by Gasteiger charge is 2.33. The summed E-state index contributed by atoms with van der Waals surface area (Å²) in [5.74, 6) is 0. The van der Waals surface area contributed by atoms with E-state index in [0.717, 1.165) is 13.0 Å². The number of nitrogens with zero attached hydrogens (tertiary/aromatic N) is 1. The summed E-state index contributed by atoms with van der Waals surface area (Å²) in [6.07, 6.45) is 2.37. The molecule has 1 N–H and O–H groups in total. The first-order valence-electron chi connectivity index (χ1n) is 3.94.